The van der Waals surface area contributed by atoms with Gasteiger partial charge in [0.1, 0.15) is 4.90 Å². The number of rotatable bonds is 3. The first-order valence-electron chi connectivity index (χ1n) is 5.88. The van der Waals surface area contributed by atoms with Crippen LogP contribution in [0.2, 0.25) is 0 Å². The molecule has 105 valence electrons. The summed E-state index contributed by atoms with van der Waals surface area (Å²) in [5.41, 5.74) is 0. The van der Waals surface area contributed by atoms with E-state index in [1.54, 1.807) is 0 Å². The van der Waals surface area contributed by atoms with Crippen molar-refractivity contribution in [1.29, 1.82) is 0 Å². The van der Waals surface area contributed by atoms with E-state index in [1.807, 2.05) is 0 Å². The lowest BCUT2D eigenvalue weighted by molar-refractivity contribution is 0.429. The molecule has 1 heterocycles. The molecule has 19 heavy (non-hydrogen) atoms. The Morgan fingerprint density at radius 3 is 2.21 bits per heavy atom. The van der Waals surface area contributed by atoms with Crippen LogP contribution >= 0.6 is 0 Å². The van der Waals surface area contributed by atoms with E-state index in [0.717, 1.165) is 12.7 Å². The van der Waals surface area contributed by atoms with Crippen molar-refractivity contribution in [2.75, 3.05) is 12.8 Å². The smallest absolute Gasteiger partial charge is 0.224 e. The van der Waals surface area contributed by atoms with Gasteiger partial charge in [0, 0.05) is 18.8 Å². The van der Waals surface area contributed by atoms with Gasteiger partial charge < -0.3 is 0 Å². The van der Waals surface area contributed by atoms with E-state index in [0.29, 0.717) is 13.0 Å². The molecule has 0 amide bonds. The monoisotopic (exact) mass is 302 g/mol. The van der Waals surface area contributed by atoms with Crippen molar-refractivity contribution in [2.24, 2.45) is 0 Å². The summed E-state index contributed by atoms with van der Waals surface area (Å²) in [6, 6.07) is 5.35. The maximum atomic E-state index is 12.5. The van der Waals surface area contributed by atoms with E-state index in [-0.39, 0.29) is 15.8 Å². The Balaban J connectivity index is 2.59. The van der Waals surface area contributed by atoms with E-state index in [4.69, 9.17) is 0 Å². The van der Waals surface area contributed by atoms with E-state index in [2.05, 4.69) is 6.92 Å². The SMILES string of the molecule is [CH2][C@@H]1CCCN1S(=O)(=O)c1ccccc1S(C)(=O)=O. The standard InChI is InChI=1S/C12H16NO4S2/c1-10-6-5-9-13(10)19(16,17)12-8-4-3-7-11(12)18(2,14)15/h3-4,7-8,10H,1,5-6,9H2,2H3/t10-/m1/s1. The highest BCUT2D eigenvalue weighted by Gasteiger charge is 2.35. The molecule has 0 aliphatic carbocycles. The van der Waals surface area contributed by atoms with Crippen LogP contribution in [-0.2, 0) is 19.9 Å². The summed E-state index contributed by atoms with van der Waals surface area (Å²) in [4.78, 5) is -0.317. The molecule has 0 spiro atoms. The Morgan fingerprint density at radius 1 is 1.16 bits per heavy atom. The molecule has 1 fully saturated rings. The fraction of sp³-hybridized carbons (Fsp3) is 0.417. The molecule has 0 saturated carbocycles. The molecular weight excluding hydrogens is 286 g/mol. The topological polar surface area (TPSA) is 71.5 Å². The van der Waals surface area contributed by atoms with Crippen LogP contribution in [0.25, 0.3) is 0 Å². The van der Waals surface area contributed by atoms with Crippen molar-refractivity contribution in [3.8, 4) is 0 Å². The van der Waals surface area contributed by atoms with Gasteiger partial charge in [-0.15, -0.1) is 0 Å². The molecule has 0 N–H and O–H groups in total. The zero-order valence-electron chi connectivity index (χ0n) is 10.6. The van der Waals surface area contributed by atoms with Crippen molar-refractivity contribution in [3.05, 3.63) is 31.2 Å². The predicted molar refractivity (Wildman–Crippen MR) is 71.8 cm³/mol. The maximum absolute atomic E-state index is 12.5. The Hall–Kier alpha value is -0.920. The van der Waals surface area contributed by atoms with Crippen molar-refractivity contribution in [1.82, 2.24) is 4.31 Å². The van der Waals surface area contributed by atoms with E-state index >= 15 is 0 Å². The highest BCUT2D eigenvalue weighted by molar-refractivity contribution is 7.93. The van der Waals surface area contributed by atoms with Crippen LogP contribution in [0.5, 0.6) is 0 Å². The van der Waals surface area contributed by atoms with Crippen LogP contribution in [0.3, 0.4) is 0 Å². The fourth-order valence-electron chi connectivity index (χ4n) is 2.22. The number of sulfonamides is 1. The Kier molecular flexibility index (Phi) is 3.72. The van der Waals surface area contributed by atoms with Crippen LogP contribution in [0.4, 0.5) is 0 Å². The van der Waals surface area contributed by atoms with Crippen molar-refractivity contribution < 1.29 is 16.8 Å². The number of benzene rings is 1. The van der Waals surface area contributed by atoms with Crippen LogP contribution in [0.15, 0.2) is 34.1 Å². The van der Waals surface area contributed by atoms with Crippen LogP contribution in [0.1, 0.15) is 12.8 Å². The van der Waals surface area contributed by atoms with Gasteiger partial charge in [0.05, 0.1) is 4.90 Å². The lowest BCUT2D eigenvalue weighted by Gasteiger charge is -2.22. The van der Waals surface area contributed by atoms with E-state index < -0.39 is 19.9 Å². The summed E-state index contributed by atoms with van der Waals surface area (Å²) in [6.45, 7) is 4.18. The lowest BCUT2D eigenvalue weighted by Crippen LogP contribution is -2.34. The second kappa shape index (κ2) is 4.88. The Morgan fingerprint density at radius 2 is 1.74 bits per heavy atom. The van der Waals surface area contributed by atoms with Crippen LogP contribution in [0, 0.1) is 6.92 Å². The van der Waals surface area contributed by atoms with Crippen LogP contribution in [-0.4, -0.2) is 40.0 Å². The van der Waals surface area contributed by atoms with Gasteiger partial charge in [-0.3, -0.25) is 0 Å². The second-order valence-corrected chi connectivity index (χ2v) is 8.47. The molecule has 1 atom stereocenters. The first-order valence-corrected chi connectivity index (χ1v) is 9.22. The summed E-state index contributed by atoms with van der Waals surface area (Å²) in [6.07, 6.45) is 2.45. The fourth-order valence-corrected chi connectivity index (χ4v) is 5.44. The van der Waals surface area contributed by atoms with Gasteiger partial charge in [0.2, 0.25) is 10.0 Å². The van der Waals surface area contributed by atoms with Crippen molar-refractivity contribution in [2.45, 2.75) is 28.7 Å². The predicted octanol–water partition coefficient (Wildman–Crippen LogP) is 1.08. The highest BCUT2D eigenvalue weighted by atomic mass is 32.2. The van der Waals surface area contributed by atoms with Crippen molar-refractivity contribution in [3.63, 3.8) is 0 Å². The highest BCUT2D eigenvalue weighted by Crippen LogP contribution is 2.29. The van der Waals surface area contributed by atoms with Gasteiger partial charge in [-0.25, -0.2) is 16.8 Å². The van der Waals surface area contributed by atoms with Gasteiger partial charge >= 0.3 is 0 Å². The molecule has 5 nitrogen and oxygen atoms in total. The number of hydrogen-bond acceptors (Lipinski definition) is 4. The minimum Gasteiger partial charge on any atom is -0.224 e. The number of nitrogens with zero attached hydrogens (tertiary/aromatic N) is 1. The molecule has 2 rings (SSSR count). The minimum atomic E-state index is -3.81. The third-order valence-corrected chi connectivity index (χ3v) is 6.45. The zero-order chi connectivity index (χ0) is 14.3. The molecule has 1 aromatic carbocycles. The first-order chi connectivity index (χ1) is 8.74. The molecule has 0 unspecified atom stereocenters. The molecular formula is C12H16NO4S2. The van der Waals surface area contributed by atoms with Crippen LogP contribution < -0.4 is 0 Å². The molecule has 7 heteroatoms. The molecule has 1 aromatic rings. The molecule has 1 radical (unpaired) electrons. The maximum Gasteiger partial charge on any atom is 0.244 e. The van der Waals surface area contributed by atoms with Crippen molar-refractivity contribution >= 4 is 19.9 Å². The quantitative estimate of drug-likeness (QED) is 0.837. The molecule has 1 saturated heterocycles. The second-order valence-electron chi connectivity index (χ2n) is 4.63. The van der Waals surface area contributed by atoms with Gasteiger partial charge in [0.25, 0.3) is 0 Å². The zero-order valence-corrected chi connectivity index (χ0v) is 12.2. The average Bonchev–Trinajstić information content (AvgIpc) is 2.75. The number of hydrogen-bond donors (Lipinski definition) is 0. The Labute approximate surface area is 114 Å². The average molecular weight is 302 g/mol. The first kappa shape index (κ1) is 14.5. The van der Waals surface area contributed by atoms with Gasteiger partial charge in [0.15, 0.2) is 9.84 Å². The summed E-state index contributed by atoms with van der Waals surface area (Å²) in [5, 5.41) is 0. The van der Waals surface area contributed by atoms with E-state index in [9.17, 15) is 16.8 Å². The number of sulfone groups is 1. The van der Waals surface area contributed by atoms with Gasteiger partial charge in [-0.05, 0) is 31.9 Å². The summed E-state index contributed by atoms with van der Waals surface area (Å²) >= 11 is 0. The summed E-state index contributed by atoms with van der Waals surface area (Å²) < 4.78 is 49.7. The molecule has 1 aliphatic heterocycles. The Bertz CT molecular complexity index is 679. The van der Waals surface area contributed by atoms with Gasteiger partial charge in [-0.2, -0.15) is 4.31 Å². The normalized spacial score (nSPS) is 21.7. The third kappa shape index (κ3) is 2.68. The molecule has 1 aliphatic rings. The summed E-state index contributed by atoms with van der Waals surface area (Å²) in [7, 11) is -7.40. The summed E-state index contributed by atoms with van der Waals surface area (Å²) in [5.74, 6) is 0. The lowest BCUT2D eigenvalue weighted by atomic mass is 10.3. The molecule has 0 aromatic heterocycles. The minimum absolute atomic E-state index is 0.158. The van der Waals surface area contributed by atoms with E-state index in [1.165, 1.54) is 28.6 Å². The third-order valence-electron chi connectivity index (χ3n) is 3.16. The largest absolute Gasteiger partial charge is 0.244 e. The molecule has 0 bridgehead atoms. The van der Waals surface area contributed by atoms with Gasteiger partial charge in [-0.1, -0.05) is 12.1 Å².